The molecule has 188 valence electrons. The number of ether oxygens (including phenoxy) is 4. The Balaban J connectivity index is 2.40. The smallest absolute Gasteiger partial charge is 0.303 e. The summed E-state index contributed by atoms with van der Waals surface area (Å²) in [5.74, 6) is -2.35. The standard InChI is InChI=1S/C21H26O11S2/c1-11-6-8-16(9-7-11)34(26,27)28-10-17-18(29-12(2)22)19(30-13(3)23)20(31-14(4)24)21(32-17)33-15(5)25/h6-9,17-21H,10H2,1-5H3/t17-,18-,19+,20-,21+/m1/s1. The van der Waals surface area contributed by atoms with E-state index in [-0.39, 0.29) is 4.90 Å². The summed E-state index contributed by atoms with van der Waals surface area (Å²) in [6.45, 7) is 5.66. The summed E-state index contributed by atoms with van der Waals surface area (Å²) in [5, 5.41) is -0.415. The van der Waals surface area contributed by atoms with Crippen molar-refractivity contribution in [1.82, 2.24) is 0 Å². The maximum atomic E-state index is 12.6. The second-order valence-electron chi connectivity index (χ2n) is 7.43. The highest BCUT2D eigenvalue weighted by molar-refractivity contribution is 8.14. The van der Waals surface area contributed by atoms with Gasteiger partial charge in [-0.15, -0.1) is 0 Å². The van der Waals surface area contributed by atoms with Crippen LogP contribution in [0.1, 0.15) is 33.3 Å². The minimum atomic E-state index is -4.23. The highest BCUT2D eigenvalue weighted by atomic mass is 32.2. The van der Waals surface area contributed by atoms with Gasteiger partial charge in [0.15, 0.2) is 28.9 Å². The quantitative estimate of drug-likeness (QED) is 0.279. The molecular formula is C21H26O11S2. The molecule has 0 spiro atoms. The largest absolute Gasteiger partial charge is 0.456 e. The van der Waals surface area contributed by atoms with Gasteiger partial charge in [0, 0.05) is 27.7 Å². The van der Waals surface area contributed by atoms with Crippen LogP contribution in [-0.2, 0) is 52.4 Å². The van der Waals surface area contributed by atoms with Gasteiger partial charge >= 0.3 is 17.9 Å². The third-order valence-electron chi connectivity index (χ3n) is 4.48. The van der Waals surface area contributed by atoms with Crippen LogP contribution in [0.5, 0.6) is 0 Å². The summed E-state index contributed by atoms with van der Waals surface area (Å²) in [5.41, 5.74) is -0.359. The van der Waals surface area contributed by atoms with E-state index in [0.29, 0.717) is 11.8 Å². The van der Waals surface area contributed by atoms with Gasteiger partial charge in [0.05, 0.1) is 11.5 Å². The van der Waals surface area contributed by atoms with Crippen molar-refractivity contribution in [3.8, 4) is 0 Å². The Morgan fingerprint density at radius 2 is 1.35 bits per heavy atom. The third kappa shape index (κ3) is 7.79. The van der Waals surface area contributed by atoms with E-state index in [1.54, 1.807) is 19.1 Å². The first-order chi connectivity index (χ1) is 15.8. The van der Waals surface area contributed by atoms with E-state index < -0.39 is 69.6 Å². The van der Waals surface area contributed by atoms with Crippen LogP contribution in [0.2, 0.25) is 0 Å². The second kappa shape index (κ2) is 11.8. The number of hydrogen-bond donors (Lipinski definition) is 0. The Kier molecular flexibility index (Phi) is 9.62. The zero-order valence-corrected chi connectivity index (χ0v) is 20.8. The van der Waals surface area contributed by atoms with Crippen LogP contribution >= 0.6 is 11.8 Å². The summed E-state index contributed by atoms with van der Waals surface area (Å²) >= 11 is 0.637. The number of hydrogen-bond acceptors (Lipinski definition) is 12. The summed E-state index contributed by atoms with van der Waals surface area (Å²) in [4.78, 5) is 47.0. The summed E-state index contributed by atoms with van der Waals surface area (Å²) in [6, 6.07) is 5.91. The van der Waals surface area contributed by atoms with E-state index in [0.717, 1.165) is 26.3 Å². The molecule has 1 heterocycles. The van der Waals surface area contributed by atoms with E-state index in [1.165, 1.54) is 19.1 Å². The Bertz CT molecular complexity index is 1020. The van der Waals surface area contributed by atoms with Crippen LogP contribution in [-0.4, -0.2) is 67.9 Å². The first kappa shape index (κ1) is 27.8. The summed E-state index contributed by atoms with van der Waals surface area (Å²) in [6.07, 6.45) is -5.42. The van der Waals surface area contributed by atoms with Gasteiger partial charge in [-0.05, 0) is 19.1 Å². The van der Waals surface area contributed by atoms with Crippen molar-refractivity contribution < 1.29 is 50.7 Å². The Labute approximate surface area is 201 Å². The fourth-order valence-corrected chi connectivity index (χ4v) is 4.97. The highest BCUT2D eigenvalue weighted by Crippen LogP contribution is 2.35. The van der Waals surface area contributed by atoms with Gasteiger partial charge in [0.2, 0.25) is 0 Å². The van der Waals surface area contributed by atoms with E-state index >= 15 is 0 Å². The number of benzene rings is 1. The first-order valence-corrected chi connectivity index (χ1v) is 12.4. The van der Waals surface area contributed by atoms with Gasteiger partial charge in [-0.2, -0.15) is 8.42 Å². The van der Waals surface area contributed by atoms with Gasteiger partial charge in [-0.1, -0.05) is 29.5 Å². The van der Waals surface area contributed by atoms with Crippen LogP contribution in [0.25, 0.3) is 0 Å². The van der Waals surface area contributed by atoms with Gasteiger partial charge in [-0.25, -0.2) is 0 Å². The van der Waals surface area contributed by atoms with E-state index in [4.69, 9.17) is 23.1 Å². The molecule has 1 aliphatic heterocycles. The molecule has 1 aromatic carbocycles. The number of esters is 3. The van der Waals surface area contributed by atoms with Gasteiger partial charge in [0.25, 0.3) is 10.1 Å². The Morgan fingerprint density at radius 3 is 1.85 bits per heavy atom. The molecule has 0 saturated carbocycles. The molecular weight excluding hydrogens is 492 g/mol. The van der Waals surface area contributed by atoms with Crippen molar-refractivity contribution in [3.63, 3.8) is 0 Å². The molecule has 0 aromatic heterocycles. The van der Waals surface area contributed by atoms with Crippen LogP contribution in [0.3, 0.4) is 0 Å². The lowest BCUT2D eigenvalue weighted by Crippen LogP contribution is -2.61. The average Bonchev–Trinajstić information content (AvgIpc) is 2.70. The average molecular weight is 519 g/mol. The lowest BCUT2D eigenvalue weighted by Gasteiger charge is -2.43. The molecule has 5 atom stereocenters. The van der Waals surface area contributed by atoms with Crippen molar-refractivity contribution >= 4 is 44.9 Å². The Morgan fingerprint density at radius 1 is 0.853 bits per heavy atom. The molecule has 0 aliphatic carbocycles. The summed E-state index contributed by atoms with van der Waals surface area (Å²) < 4.78 is 52.0. The SMILES string of the molecule is CC(=O)O[C@@H]1[C@@H](OC(C)=O)[C@H](SC(C)=O)O[C@H](COS(=O)(=O)c2ccc(C)cc2)[C@H]1OC(C)=O. The molecule has 34 heavy (non-hydrogen) atoms. The minimum absolute atomic E-state index is 0.109. The molecule has 1 aromatic rings. The van der Waals surface area contributed by atoms with E-state index in [1.807, 2.05) is 0 Å². The second-order valence-corrected chi connectivity index (χ2v) is 10.3. The monoisotopic (exact) mass is 518 g/mol. The fourth-order valence-electron chi connectivity index (χ4n) is 3.18. The van der Waals surface area contributed by atoms with Crippen molar-refractivity contribution in [2.45, 2.75) is 69.4 Å². The van der Waals surface area contributed by atoms with Crippen LogP contribution in [0.4, 0.5) is 0 Å². The maximum Gasteiger partial charge on any atom is 0.303 e. The molecule has 0 radical (unpaired) electrons. The van der Waals surface area contributed by atoms with Gasteiger partial charge in [-0.3, -0.25) is 23.4 Å². The fraction of sp³-hybridized carbons (Fsp3) is 0.524. The van der Waals surface area contributed by atoms with E-state index in [2.05, 4.69) is 0 Å². The first-order valence-electron chi connectivity index (χ1n) is 10.1. The van der Waals surface area contributed by atoms with Crippen molar-refractivity contribution in [2.24, 2.45) is 0 Å². The van der Waals surface area contributed by atoms with E-state index in [9.17, 15) is 27.6 Å². The number of carbonyl (C=O) groups is 4. The number of aryl methyl sites for hydroxylation is 1. The van der Waals surface area contributed by atoms with Crippen LogP contribution < -0.4 is 0 Å². The van der Waals surface area contributed by atoms with Gasteiger partial charge in [0.1, 0.15) is 6.10 Å². The van der Waals surface area contributed by atoms with Crippen LogP contribution in [0.15, 0.2) is 29.2 Å². The molecule has 1 saturated heterocycles. The predicted octanol–water partition coefficient (Wildman–Crippen LogP) is 1.50. The van der Waals surface area contributed by atoms with Crippen molar-refractivity contribution in [3.05, 3.63) is 29.8 Å². The number of rotatable bonds is 8. The van der Waals surface area contributed by atoms with Gasteiger partial charge < -0.3 is 18.9 Å². The lowest BCUT2D eigenvalue weighted by molar-refractivity contribution is -0.234. The molecule has 0 N–H and O–H groups in total. The van der Waals surface area contributed by atoms with Crippen molar-refractivity contribution in [1.29, 1.82) is 0 Å². The van der Waals surface area contributed by atoms with Crippen molar-refractivity contribution in [2.75, 3.05) is 6.61 Å². The molecule has 0 unspecified atom stereocenters. The molecule has 2 rings (SSSR count). The topological polar surface area (TPSA) is 149 Å². The highest BCUT2D eigenvalue weighted by Gasteiger charge is 2.52. The number of carbonyl (C=O) groups excluding carboxylic acids is 4. The zero-order valence-electron chi connectivity index (χ0n) is 19.2. The summed E-state index contributed by atoms with van der Waals surface area (Å²) in [7, 11) is -4.23. The molecule has 0 bridgehead atoms. The zero-order chi connectivity index (χ0) is 25.6. The molecule has 1 aliphatic rings. The Hall–Kier alpha value is -2.48. The molecule has 1 fully saturated rings. The molecule has 13 heteroatoms. The van der Waals surface area contributed by atoms with Crippen LogP contribution in [0, 0.1) is 6.92 Å². The lowest BCUT2D eigenvalue weighted by atomic mass is 9.99. The molecule has 0 amide bonds. The number of thioether (sulfide) groups is 1. The minimum Gasteiger partial charge on any atom is -0.456 e. The maximum absolute atomic E-state index is 12.6. The predicted molar refractivity (Wildman–Crippen MR) is 118 cm³/mol. The third-order valence-corrected chi connectivity index (χ3v) is 6.72. The molecule has 11 nitrogen and oxygen atoms in total. The normalized spacial score (nSPS) is 24.7.